The molecule has 0 saturated heterocycles. The van der Waals surface area contributed by atoms with Gasteiger partial charge in [-0.15, -0.1) is 0 Å². The average molecular weight is 271 g/mol. The third kappa shape index (κ3) is 1.37. The first-order valence-corrected chi connectivity index (χ1v) is 6.12. The van der Waals surface area contributed by atoms with Gasteiger partial charge in [0, 0.05) is 11.1 Å². The van der Waals surface area contributed by atoms with Crippen molar-refractivity contribution in [2.75, 3.05) is 0 Å². The lowest BCUT2D eigenvalue weighted by Crippen LogP contribution is -1.95. The monoisotopic (exact) mass is 270 g/mol. The van der Waals surface area contributed by atoms with Crippen molar-refractivity contribution < 1.29 is 0 Å². The lowest BCUT2D eigenvalue weighted by molar-refractivity contribution is 1.05. The Morgan fingerprint density at radius 3 is 2.71 bits per heavy atom. The van der Waals surface area contributed by atoms with Gasteiger partial charge in [-0.1, -0.05) is 6.92 Å². The molecule has 0 spiro atoms. The fourth-order valence-corrected chi connectivity index (χ4v) is 3.43. The molecule has 0 fully saturated rings. The van der Waals surface area contributed by atoms with Crippen LogP contribution in [-0.4, -0.2) is 9.36 Å². The summed E-state index contributed by atoms with van der Waals surface area (Å²) in [7, 11) is 0. The summed E-state index contributed by atoms with van der Waals surface area (Å²) in [4.78, 5) is 5.59. The minimum atomic E-state index is 0.928. The molecule has 4 heteroatoms. The Kier molecular flexibility index (Phi) is 2.58. The number of hydrogen-bond donors (Lipinski definition) is 0. The second kappa shape index (κ2) is 3.59. The summed E-state index contributed by atoms with van der Waals surface area (Å²) in [6.45, 7) is 6.38. The van der Waals surface area contributed by atoms with Crippen molar-refractivity contribution in [3.8, 4) is 0 Å². The summed E-state index contributed by atoms with van der Waals surface area (Å²) >= 11 is 4.92. The molecule has 2 heterocycles. The SMILES string of the molecule is CCc1c(C)nc2snc(Br)c2c1C. The van der Waals surface area contributed by atoms with Crippen LogP contribution in [0.4, 0.5) is 0 Å². The lowest BCUT2D eigenvalue weighted by atomic mass is 10.0. The second-order valence-electron chi connectivity index (χ2n) is 3.31. The van der Waals surface area contributed by atoms with Gasteiger partial charge in [-0.05, 0) is 58.9 Å². The standard InChI is InChI=1S/C10H11BrN2S/c1-4-7-5(2)8-9(11)13-14-10(8)12-6(7)3/h4H2,1-3H3. The molecular formula is C10H11BrN2S. The predicted molar refractivity (Wildman–Crippen MR) is 64.0 cm³/mol. The first kappa shape index (κ1) is 10.1. The molecule has 2 aromatic rings. The van der Waals surface area contributed by atoms with E-state index >= 15 is 0 Å². The van der Waals surface area contributed by atoms with E-state index in [4.69, 9.17) is 0 Å². The van der Waals surface area contributed by atoms with E-state index in [0.717, 1.165) is 21.5 Å². The average Bonchev–Trinajstić information content (AvgIpc) is 2.48. The Hall–Kier alpha value is -0.480. The van der Waals surface area contributed by atoms with Crippen molar-refractivity contribution in [1.29, 1.82) is 0 Å². The van der Waals surface area contributed by atoms with E-state index in [1.165, 1.54) is 28.0 Å². The molecule has 0 aliphatic heterocycles. The third-order valence-electron chi connectivity index (χ3n) is 2.52. The normalized spacial score (nSPS) is 11.1. The Balaban J connectivity index is 2.89. The number of fused-ring (bicyclic) bond motifs is 1. The van der Waals surface area contributed by atoms with Gasteiger partial charge in [-0.2, -0.15) is 4.37 Å². The van der Waals surface area contributed by atoms with E-state index in [1.54, 1.807) is 0 Å². The lowest BCUT2D eigenvalue weighted by Gasteiger charge is -2.07. The van der Waals surface area contributed by atoms with Crippen LogP contribution in [-0.2, 0) is 6.42 Å². The Morgan fingerprint density at radius 1 is 1.36 bits per heavy atom. The van der Waals surface area contributed by atoms with Crippen molar-refractivity contribution in [2.45, 2.75) is 27.2 Å². The number of halogens is 1. The van der Waals surface area contributed by atoms with Crippen molar-refractivity contribution in [3.05, 3.63) is 21.4 Å². The molecule has 74 valence electrons. The van der Waals surface area contributed by atoms with Gasteiger partial charge in [-0.3, -0.25) is 0 Å². The van der Waals surface area contributed by atoms with Crippen LogP contribution in [0.3, 0.4) is 0 Å². The first-order chi connectivity index (χ1) is 6.65. The molecule has 2 nitrogen and oxygen atoms in total. The van der Waals surface area contributed by atoms with Gasteiger partial charge in [0.25, 0.3) is 0 Å². The number of rotatable bonds is 1. The van der Waals surface area contributed by atoms with Crippen LogP contribution < -0.4 is 0 Å². The number of hydrogen-bond acceptors (Lipinski definition) is 3. The van der Waals surface area contributed by atoms with Gasteiger partial charge in [0.2, 0.25) is 0 Å². The minimum Gasteiger partial charge on any atom is -0.240 e. The molecule has 2 rings (SSSR count). The highest BCUT2D eigenvalue weighted by atomic mass is 79.9. The summed E-state index contributed by atoms with van der Waals surface area (Å²) in [6.07, 6.45) is 1.03. The molecule has 0 atom stereocenters. The fraction of sp³-hybridized carbons (Fsp3) is 0.400. The molecular weight excluding hydrogens is 260 g/mol. The smallest absolute Gasteiger partial charge is 0.145 e. The molecule has 0 aromatic carbocycles. The highest BCUT2D eigenvalue weighted by Gasteiger charge is 2.12. The number of pyridine rings is 1. The Morgan fingerprint density at radius 2 is 2.07 bits per heavy atom. The maximum absolute atomic E-state index is 4.55. The zero-order valence-electron chi connectivity index (χ0n) is 8.39. The Labute approximate surface area is 95.7 Å². The first-order valence-electron chi connectivity index (χ1n) is 4.56. The second-order valence-corrected chi connectivity index (χ2v) is 4.81. The largest absolute Gasteiger partial charge is 0.240 e. The molecule has 0 aliphatic carbocycles. The highest BCUT2D eigenvalue weighted by Crippen LogP contribution is 2.31. The molecule has 0 radical (unpaired) electrons. The van der Waals surface area contributed by atoms with Crippen molar-refractivity contribution in [1.82, 2.24) is 9.36 Å². The van der Waals surface area contributed by atoms with Crippen LogP contribution in [0, 0.1) is 13.8 Å². The molecule has 14 heavy (non-hydrogen) atoms. The maximum Gasteiger partial charge on any atom is 0.145 e. The van der Waals surface area contributed by atoms with Crippen LogP contribution >= 0.6 is 27.5 Å². The fourth-order valence-electron chi connectivity index (χ4n) is 1.82. The molecule has 0 amide bonds. The van der Waals surface area contributed by atoms with Crippen LogP contribution in [0.15, 0.2) is 4.60 Å². The molecule has 0 saturated carbocycles. The Bertz CT molecular complexity index is 490. The molecule has 0 bridgehead atoms. The van der Waals surface area contributed by atoms with Crippen LogP contribution in [0.5, 0.6) is 0 Å². The zero-order valence-corrected chi connectivity index (χ0v) is 10.8. The van der Waals surface area contributed by atoms with Crippen molar-refractivity contribution >= 4 is 37.7 Å². The zero-order chi connectivity index (χ0) is 10.3. The van der Waals surface area contributed by atoms with Gasteiger partial charge < -0.3 is 0 Å². The van der Waals surface area contributed by atoms with Gasteiger partial charge in [0.1, 0.15) is 9.43 Å². The molecule has 0 N–H and O–H groups in total. The number of aromatic nitrogens is 2. The van der Waals surface area contributed by atoms with Gasteiger partial charge in [-0.25, -0.2) is 4.98 Å². The van der Waals surface area contributed by atoms with E-state index in [-0.39, 0.29) is 0 Å². The molecule has 2 aromatic heterocycles. The summed E-state index contributed by atoms with van der Waals surface area (Å²) in [5.41, 5.74) is 3.79. The summed E-state index contributed by atoms with van der Waals surface area (Å²) in [5, 5.41) is 1.18. The van der Waals surface area contributed by atoms with Gasteiger partial charge in [0.05, 0.1) is 0 Å². The molecule has 0 aliphatic rings. The van der Waals surface area contributed by atoms with Crippen molar-refractivity contribution in [2.24, 2.45) is 0 Å². The minimum absolute atomic E-state index is 0.928. The number of aryl methyl sites for hydroxylation is 2. The van der Waals surface area contributed by atoms with Crippen molar-refractivity contribution in [3.63, 3.8) is 0 Å². The van der Waals surface area contributed by atoms with Crippen LogP contribution in [0.25, 0.3) is 10.2 Å². The van der Waals surface area contributed by atoms with Crippen LogP contribution in [0.1, 0.15) is 23.7 Å². The van der Waals surface area contributed by atoms with Gasteiger partial charge in [0.15, 0.2) is 0 Å². The molecule has 0 unspecified atom stereocenters. The summed E-state index contributed by atoms with van der Waals surface area (Å²) in [5.74, 6) is 0. The van der Waals surface area contributed by atoms with E-state index < -0.39 is 0 Å². The van der Waals surface area contributed by atoms with E-state index in [2.05, 4.69) is 46.1 Å². The predicted octanol–water partition coefficient (Wildman–Crippen LogP) is 3.63. The summed E-state index contributed by atoms with van der Waals surface area (Å²) in [6, 6.07) is 0. The number of nitrogens with zero attached hydrogens (tertiary/aromatic N) is 2. The quantitative estimate of drug-likeness (QED) is 0.791. The maximum atomic E-state index is 4.55. The van der Waals surface area contributed by atoms with E-state index in [0.29, 0.717) is 0 Å². The van der Waals surface area contributed by atoms with E-state index in [9.17, 15) is 0 Å². The topological polar surface area (TPSA) is 25.8 Å². The van der Waals surface area contributed by atoms with E-state index in [1.807, 2.05) is 0 Å². The van der Waals surface area contributed by atoms with Gasteiger partial charge >= 0.3 is 0 Å². The summed E-state index contributed by atoms with van der Waals surface area (Å²) < 4.78 is 5.20. The van der Waals surface area contributed by atoms with Crippen LogP contribution in [0.2, 0.25) is 0 Å². The highest BCUT2D eigenvalue weighted by molar-refractivity contribution is 9.10. The third-order valence-corrected chi connectivity index (χ3v) is 4.07.